The van der Waals surface area contributed by atoms with E-state index in [2.05, 4.69) is 38.7 Å². The highest BCUT2D eigenvalue weighted by molar-refractivity contribution is 8.76. The Morgan fingerprint density at radius 1 is 0.650 bits per heavy atom. The van der Waals surface area contributed by atoms with Crippen molar-refractivity contribution < 1.29 is 34.6 Å². The zero-order valence-electron chi connectivity index (χ0n) is 35.0. The lowest BCUT2D eigenvalue weighted by Gasteiger charge is -2.22. The average Bonchev–Trinajstić information content (AvgIpc) is 3.26. The third-order valence-corrected chi connectivity index (χ3v) is 11.6. The zero-order valence-corrected chi connectivity index (χ0v) is 36.6. The van der Waals surface area contributed by atoms with Gasteiger partial charge in [-0.1, -0.05) is 64.1 Å². The Kier molecular flexibility index (Phi) is 26.0. The van der Waals surface area contributed by atoms with E-state index in [1.807, 2.05) is 114 Å². The van der Waals surface area contributed by atoms with E-state index in [1.165, 1.54) is 0 Å². The monoisotopic (exact) mass is 861 g/mol. The largest absolute Gasteiger partial charge is 0.395 e. The second-order valence-electron chi connectivity index (χ2n) is 13.7. The molecule has 1 aromatic heterocycles. The normalized spacial score (nSPS) is 11.8. The van der Waals surface area contributed by atoms with Crippen LogP contribution in [0.3, 0.4) is 0 Å². The zero-order chi connectivity index (χ0) is 43.0. The van der Waals surface area contributed by atoms with Gasteiger partial charge in [-0.25, -0.2) is 0 Å². The lowest BCUT2D eigenvalue weighted by molar-refractivity contribution is -0.698. The first kappa shape index (κ1) is 49.8. The predicted octanol–water partition coefficient (Wildman–Crippen LogP) is 4.66. The van der Waals surface area contributed by atoms with Crippen LogP contribution in [0.15, 0.2) is 103 Å². The van der Waals surface area contributed by atoms with E-state index in [-0.39, 0.29) is 38.2 Å². The Hall–Kier alpha value is -4.57. The summed E-state index contributed by atoms with van der Waals surface area (Å²) in [6, 6.07) is 22.0. The minimum absolute atomic E-state index is 0.0244. The van der Waals surface area contributed by atoms with Gasteiger partial charge in [-0.3, -0.25) is 9.59 Å². The number of nitrogens with zero attached hydrogens (tertiary/aromatic N) is 3. The van der Waals surface area contributed by atoms with Crippen molar-refractivity contribution in [2.45, 2.75) is 39.2 Å². The number of amides is 2. The fourth-order valence-corrected chi connectivity index (χ4v) is 7.86. The molecular formula is C46H65N6O6S2+. The standard InChI is InChI=1S/C46H64N6O6S2/c1-2-3-8-41(18-12-39-14-20-43(21-15-39)51(29-33-53)30-34-54)47-24-6-10-45(57)48-25-37-59-60-38-26-49-46(58)11-7-28-50-27-5-4-9-42(50)19-13-40-16-22-44(23-17-40)52(31-35-55)32-36-56/h2-5,8-9,12-23,27,47,53-56H,6-7,10-11,24-26,28-38H2,1H3,(H-,48,49,57,58)/p+1. The van der Waals surface area contributed by atoms with Crippen molar-refractivity contribution >= 4 is 63.0 Å². The van der Waals surface area contributed by atoms with Gasteiger partial charge in [0.2, 0.25) is 17.5 Å². The van der Waals surface area contributed by atoms with Crippen molar-refractivity contribution in [2.24, 2.45) is 0 Å². The molecule has 12 nitrogen and oxygen atoms in total. The van der Waals surface area contributed by atoms with Crippen LogP contribution in [0.25, 0.3) is 18.2 Å². The lowest BCUT2D eigenvalue weighted by Crippen LogP contribution is -2.37. The number of hydrogen-bond donors (Lipinski definition) is 7. The topological polar surface area (TPSA) is 162 Å². The number of benzene rings is 2. The second kappa shape index (κ2) is 31.3. The number of aliphatic hydroxyl groups is 4. The Morgan fingerprint density at radius 3 is 1.72 bits per heavy atom. The summed E-state index contributed by atoms with van der Waals surface area (Å²) in [5.74, 6) is 1.65. The molecule has 1 heterocycles. The fourth-order valence-electron chi connectivity index (χ4n) is 6.05. The number of carbonyl (C=O) groups is 2. The number of rotatable bonds is 31. The van der Waals surface area contributed by atoms with Gasteiger partial charge in [-0.15, -0.1) is 0 Å². The molecular weight excluding hydrogens is 797 g/mol. The molecule has 0 spiro atoms. The van der Waals surface area contributed by atoms with Crippen LogP contribution >= 0.6 is 21.6 Å². The third kappa shape index (κ3) is 20.6. The first-order chi connectivity index (χ1) is 29.4. The molecule has 3 aromatic rings. The molecule has 2 aromatic carbocycles. The van der Waals surface area contributed by atoms with E-state index in [9.17, 15) is 30.0 Å². The van der Waals surface area contributed by atoms with Crippen molar-refractivity contribution in [1.29, 1.82) is 0 Å². The third-order valence-electron chi connectivity index (χ3n) is 9.15. The van der Waals surface area contributed by atoms with Crippen molar-refractivity contribution in [2.75, 3.05) is 93.5 Å². The highest BCUT2D eigenvalue weighted by Gasteiger charge is 2.10. The SMILES string of the molecule is CC=CC=C(C=Cc1ccc(N(CCO)CCO)cc1)NCCCC(=O)NCCSSCCNC(=O)CCC[n+]1ccccc1C=Cc1ccc(N(CCO)CCO)cc1. The van der Waals surface area contributed by atoms with Crippen LogP contribution in [0, 0.1) is 0 Å². The Morgan fingerprint density at radius 2 is 1.18 bits per heavy atom. The van der Waals surface area contributed by atoms with Crippen LogP contribution < -0.4 is 30.3 Å². The van der Waals surface area contributed by atoms with Crippen molar-refractivity contribution in [3.63, 3.8) is 0 Å². The number of carbonyl (C=O) groups excluding carboxylic acids is 2. The summed E-state index contributed by atoms with van der Waals surface area (Å²) < 4.78 is 2.14. The van der Waals surface area contributed by atoms with Crippen LogP contribution in [0.4, 0.5) is 11.4 Å². The summed E-state index contributed by atoms with van der Waals surface area (Å²) in [5, 5.41) is 46.7. The molecule has 0 saturated heterocycles. The van der Waals surface area contributed by atoms with Gasteiger partial charge in [0.1, 0.15) is 6.54 Å². The van der Waals surface area contributed by atoms with Crippen LogP contribution in [0.5, 0.6) is 0 Å². The molecule has 0 bridgehead atoms. The molecule has 7 N–H and O–H groups in total. The molecule has 2 amide bonds. The molecule has 0 aliphatic carbocycles. The van der Waals surface area contributed by atoms with Crippen molar-refractivity contribution in [1.82, 2.24) is 16.0 Å². The van der Waals surface area contributed by atoms with Gasteiger partial charge >= 0.3 is 0 Å². The number of aromatic nitrogens is 1. The number of nitrogens with one attached hydrogen (secondary N) is 3. The van der Waals surface area contributed by atoms with Gasteiger partial charge in [-0.2, -0.15) is 4.57 Å². The summed E-state index contributed by atoms with van der Waals surface area (Å²) in [6.07, 6.45) is 18.4. The van der Waals surface area contributed by atoms with E-state index < -0.39 is 0 Å². The van der Waals surface area contributed by atoms with E-state index in [0.29, 0.717) is 65.1 Å². The van der Waals surface area contributed by atoms with Crippen LogP contribution in [-0.2, 0) is 16.1 Å². The molecule has 0 radical (unpaired) electrons. The predicted molar refractivity (Wildman–Crippen MR) is 251 cm³/mol. The maximum Gasteiger partial charge on any atom is 0.220 e. The molecule has 60 heavy (non-hydrogen) atoms. The first-order valence-electron chi connectivity index (χ1n) is 20.7. The van der Waals surface area contributed by atoms with Crippen molar-refractivity contribution in [3.8, 4) is 0 Å². The molecule has 14 heteroatoms. The summed E-state index contributed by atoms with van der Waals surface area (Å²) in [6.45, 7) is 6.52. The molecule has 0 fully saturated rings. The highest BCUT2D eigenvalue weighted by atomic mass is 33.1. The molecule has 0 aliphatic heterocycles. The minimum atomic E-state index is 0.0244. The van der Waals surface area contributed by atoms with Crippen LogP contribution in [-0.4, -0.2) is 116 Å². The number of aryl methyl sites for hydroxylation is 1. The Bertz CT molecular complexity index is 1760. The van der Waals surface area contributed by atoms with Crippen molar-refractivity contribution in [3.05, 3.63) is 120 Å². The lowest BCUT2D eigenvalue weighted by atomic mass is 10.1. The summed E-state index contributed by atoms with van der Waals surface area (Å²) in [4.78, 5) is 28.8. The Balaban J connectivity index is 1.24. The first-order valence-corrected chi connectivity index (χ1v) is 23.2. The quantitative estimate of drug-likeness (QED) is 0.0209. The summed E-state index contributed by atoms with van der Waals surface area (Å²) in [5.41, 5.74) is 5.96. The van der Waals surface area contributed by atoms with Gasteiger partial charge < -0.3 is 46.2 Å². The van der Waals surface area contributed by atoms with E-state index in [4.69, 9.17) is 0 Å². The minimum Gasteiger partial charge on any atom is -0.395 e. The number of hydrogen-bond acceptors (Lipinski definition) is 11. The van der Waals surface area contributed by atoms with Gasteiger partial charge in [0, 0.05) is 112 Å². The number of pyridine rings is 1. The van der Waals surface area contributed by atoms with E-state index in [1.54, 1.807) is 21.6 Å². The molecule has 0 saturated carbocycles. The number of allylic oxidation sites excluding steroid dienone is 4. The molecule has 3 rings (SSSR count). The Labute approximate surface area is 364 Å². The van der Waals surface area contributed by atoms with E-state index in [0.717, 1.165) is 58.4 Å². The smallest absolute Gasteiger partial charge is 0.220 e. The molecule has 326 valence electrons. The molecule has 0 unspecified atom stereocenters. The van der Waals surface area contributed by atoms with Gasteiger partial charge in [0.25, 0.3) is 0 Å². The highest BCUT2D eigenvalue weighted by Crippen LogP contribution is 2.20. The number of anilines is 2. The summed E-state index contributed by atoms with van der Waals surface area (Å²) in [7, 11) is 3.37. The molecule has 0 atom stereocenters. The second-order valence-corrected chi connectivity index (χ2v) is 16.4. The van der Waals surface area contributed by atoms with Crippen LogP contribution in [0.2, 0.25) is 0 Å². The van der Waals surface area contributed by atoms with Gasteiger partial charge in [0.15, 0.2) is 6.20 Å². The van der Waals surface area contributed by atoms with Gasteiger partial charge in [-0.05, 0) is 73.0 Å². The van der Waals surface area contributed by atoms with Crippen LogP contribution in [0.1, 0.15) is 49.4 Å². The van der Waals surface area contributed by atoms with Gasteiger partial charge in [0.05, 0.1) is 26.4 Å². The number of aliphatic hydroxyl groups excluding tert-OH is 4. The molecule has 0 aliphatic rings. The maximum absolute atomic E-state index is 12.5. The fraction of sp³-hybridized carbons (Fsp3) is 0.413. The van der Waals surface area contributed by atoms with E-state index >= 15 is 0 Å². The maximum atomic E-state index is 12.5. The summed E-state index contributed by atoms with van der Waals surface area (Å²) >= 11 is 0. The average molecular weight is 862 g/mol.